The largest absolute Gasteiger partial charge is 0.352 e. The summed E-state index contributed by atoms with van der Waals surface area (Å²) in [6.07, 6.45) is 2.11. The number of carbonyl (C=O) groups excluding carboxylic acids is 1. The second-order valence-corrected chi connectivity index (χ2v) is 7.67. The third-order valence-electron chi connectivity index (χ3n) is 3.77. The van der Waals surface area contributed by atoms with Crippen molar-refractivity contribution in [1.29, 1.82) is 0 Å². The van der Waals surface area contributed by atoms with Gasteiger partial charge in [-0.05, 0) is 50.5 Å². The predicted octanol–water partition coefficient (Wildman–Crippen LogP) is 2.95. The van der Waals surface area contributed by atoms with Crippen LogP contribution < -0.4 is 10.9 Å². The minimum absolute atomic E-state index is 0.000398. The number of aromatic nitrogens is 2. The number of benzene rings is 1. The molecule has 0 saturated heterocycles. The number of amides is 1. The molecule has 0 bridgehead atoms. The zero-order valence-corrected chi connectivity index (χ0v) is 15.0. The van der Waals surface area contributed by atoms with Gasteiger partial charge in [0.05, 0.1) is 10.9 Å². The molecular formula is C17H18ClN3O2S. The third-order valence-corrected chi connectivity index (χ3v) is 5.20. The molecule has 1 aliphatic rings. The smallest absolute Gasteiger partial charge is 0.271 e. The first-order valence-corrected chi connectivity index (χ1v) is 9.04. The van der Waals surface area contributed by atoms with Crippen LogP contribution in [0.4, 0.5) is 0 Å². The fraction of sp³-hybridized carbons (Fsp3) is 0.353. The lowest BCUT2D eigenvalue weighted by molar-refractivity contribution is -0.120. The van der Waals surface area contributed by atoms with Crippen LogP contribution in [-0.2, 0) is 4.79 Å². The molecule has 0 spiro atoms. The summed E-state index contributed by atoms with van der Waals surface area (Å²) in [5, 5.41) is 8.25. The number of hydrogen-bond acceptors (Lipinski definition) is 4. The fourth-order valence-corrected chi connectivity index (χ4v) is 3.12. The molecule has 5 nitrogen and oxygen atoms in total. The van der Waals surface area contributed by atoms with Crippen molar-refractivity contribution in [1.82, 2.24) is 15.1 Å². The van der Waals surface area contributed by atoms with E-state index in [1.807, 2.05) is 19.9 Å². The second-order valence-electron chi connectivity index (χ2n) is 5.90. The zero-order chi connectivity index (χ0) is 17.3. The SMILES string of the molecule is Cc1ccc(-n2nc(S[C@@H](C)C(=O)NC3CC3)ccc2=O)cc1Cl. The van der Waals surface area contributed by atoms with Gasteiger partial charge in [-0.2, -0.15) is 9.78 Å². The Morgan fingerprint density at radius 1 is 1.38 bits per heavy atom. The highest BCUT2D eigenvalue weighted by molar-refractivity contribution is 8.00. The Bertz CT molecular complexity index is 833. The van der Waals surface area contributed by atoms with Crippen LogP contribution in [0.1, 0.15) is 25.3 Å². The highest BCUT2D eigenvalue weighted by Gasteiger charge is 2.26. The molecule has 1 aliphatic carbocycles. The monoisotopic (exact) mass is 363 g/mol. The number of halogens is 1. The minimum Gasteiger partial charge on any atom is -0.352 e. The Kier molecular flexibility index (Phi) is 4.96. The quantitative estimate of drug-likeness (QED) is 0.829. The molecule has 24 heavy (non-hydrogen) atoms. The minimum atomic E-state index is -0.273. The molecule has 1 saturated carbocycles. The summed E-state index contributed by atoms with van der Waals surface area (Å²) in [7, 11) is 0. The van der Waals surface area contributed by atoms with E-state index in [0.717, 1.165) is 18.4 Å². The highest BCUT2D eigenvalue weighted by atomic mass is 35.5. The van der Waals surface area contributed by atoms with Gasteiger partial charge < -0.3 is 5.32 Å². The molecule has 0 radical (unpaired) electrons. The van der Waals surface area contributed by atoms with E-state index >= 15 is 0 Å². The summed E-state index contributed by atoms with van der Waals surface area (Å²) in [6, 6.07) is 8.78. The van der Waals surface area contributed by atoms with E-state index in [4.69, 9.17) is 11.6 Å². The molecule has 1 heterocycles. The summed E-state index contributed by atoms with van der Waals surface area (Å²) in [4.78, 5) is 24.2. The number of rotatable bonds is 5. The summed E-state index contributed by atoms with van der Waals surface area (Å²) < 4.78 is 1.30. The maximum atomic E-state index is 12.1. The van der Waals surface area contributed by atoms with E-state index in [-0.39, 0.29) is 16.7 Å². The van der Waals surface area contributed by atoms with Crippen molar-refractivity contribution in [2.24, 2.45) is 0 Å². The van der Waals surface area contributed by atoms with E-state index in [0.29, 0.717) is 21.8 Å². The van der Waals surface area contributed by atoms with Crippen molar-refractivity contribution in [3.05, 3.63) is 51.3 Å². The van der Waals surface area contributed by atoms with Crippen LogP contribution in [0.5, 0.6) is 0 Å². The zero-order valence-electron chi connectivity index (χ0n) is 13.5. The van der Waals surface area contributed by atoms with Gasteiger partial charge in [0.2, 0.25) is 5.91 Å². The van der Waals surface area contributed by atoms with E-state index in [1.165, 1.54) is 22.5 Å². The van der Waals surface area contributed by atoms with Gasteiger partial charge >= 0.3 is 0 Å². The molecule has 126 valence electrons. The Labute approximate surface area is 149 Å². The van der Waals surface area contributed by atoms with Crippen LogP contribution in [0.2, 0.25) is 5.02 Å². The molecular weight excluding hydrogens is 346 g/mol. The number of nitrogens with one attached hydrogen (secondary N) is 1. The standard InChI is InChI=1S/C17H18ClN3O2S/c1-10-3-6-13(9-14(10)18)21-16(22)8-7-15(20-21)24-11(2)17(23)19-12-4-5-12/h3,6-9,11-12H,4-5H2,1-2H3,(H,19,23)/t11-/m0/s1. The number of carbonyl (C=O) groups is 1. The first kappa shape index (κ1) is 17.0. The van der Waals surface area contributed by atoms with Crippen LogP contribution in [-0.4, -0.2) is 27.0 Å². The molecule has 7 heteroatoms. The van der Waals surface area contributed by atoms with E-state index in [2.05, 4.69) is 10.4 Å². The van der Waals surface area contributed by atoms with E-state index < -0.39 is 0 Å². The Morgan fingerprint density at radius 3 is 2.79 bits per heavy atom. The summed E-state index contributed by atoms with van der Waals surface area (Å²) in [5.74, 6) is 0.000398. The number of hydrogen-bond donors (Lipinski definition) is 1. The summed E-state index contributed by atoms with van der Waals surface area (Å²) in [6.45, 7) is 3.73. The number of nitrogens with zero attached hydrogens (tertiary/aromatic N) is 2. The molecule has 1 atom stereocenters. The Morgan fingerprint density at radius 2 is 2.12 bits per heavy atom. The van der Waals surface area contributed by atoms with Gasteiger partial charge in [-0.3, -0.25) is 9.59 Å². The Hall–Kier alpha value is -1.79. The van der Waals surface area contributed by atoms with Crippen molar-refractivity contribution >= 4 is 29.3 Å². The average molecular weight is 364 g/mol. The van der Waals surface area contributed by atoms with Gasteiger partial charge in [0.15, 0.2) is 0 Å². The lowest BCUT2D eigenvalue weighted by Crippen LogP contribution is -2.32. The maximum Gasteiger partial charge on any atom is 0.271 e. The summed E-state index contributed by atoms with van der Waals surface area (Å²) in [5.41, 5.74) is 1.30. The molecule has 1 amide bonds. The van der Waals surface area contributed by atoms with Crippen molar-refractivity contribution in [2.45, 2.75) is 43.0 Å². The normalized spacial score (nSPS) is 15.1. The molecule has 3 rings (SSSR count). The fourth-order valence-electron chi connectivity index (χ4n) is 2.14. The molecule has 1 aromatic carbocycles. The first-order valence-electron chi connectivity index (χ1n) is 7.78. The lowest BCUT2D eigenvalue weighted by atomic mass is 10.2. The van der Waals surface area contributed by atoms with Gasteiger partial charge in [-0.15, -0.1) is 0 Å². The second kappa shape index (κ2) is 6.99. The summed E-state index contributed by atoms with van der Waals surface area (Å²) >= 11 is 7.47. The average Bonchev–Trinajstić information content (AvgIpc) is 3.36. The van der Waals surface area contributed by atoms with Crippen LogP contribution in [0, 0.1) is 6.92 Å². The molecule has 0 unspecified atom stereocenters. The van der Waals surface area contributed by atoms with E-state index in [1.54, 1.807) is 18.2 Å². The van der Waals surface area contributed by atoms with E-state index in [9.17, 15) is 9.59 Å². The molecule has 1 N–H and O–H groups in total. The third kappa shape index (κ3) is 3.99. The molecule has 0 aliphatic heterocycles. The lowest BCUT2D eigenvalue weighted by Gasteiger charge is -2.12. The van der Waals surface area contributed by atoms with Gasteiger partial charge in [0.1, 0.15) is 5.03 Å². The van der Waals surface area contributed by atoms with Crippen LogP contribution >= 0.6 is 23.4 Å². The maximum absolute atomic E-state index is 12.1. The highest BCUT2D eigenvalue weighted by Crippen LogP contribution is 2.24. The molecule has 1 fully saturated rings. The number of thioether (sulfide) groups is 1. The van der Waals surface area contributed by atoms with Crippen molar-refractivity contribution in [3.63, 3.8) is 0 Å². The predicted molar refractivity (Wildman–Crippen MR) is 96.1 cm³/mol. The van der Waals surface area contributed by atoms with Gasteiger partial charge in [-0.1, -0.05) is 29.4 Å². The topological polar surface area (TPSA) is 64.0 Å². The van der Waals surface area contributed by atoms with Gasteiger partial charge in [0, 0.05) is 17.1 Å². The number of aryl methyl sites for hydroxylation is 1. The van der Waals surface area contributed by atoms with Gasteiger partial charge in [0.25, 0.3) is 5.56 Å². The van der Waals surface area contributed by atoms with Crippen LogP contribution in [0.25, 0.3) is 5.69 Å². The Balaban J connectivity index is 1.81. The van der Waals surface area contributed by atoms with Crippen LogP contribution in [0.3, 0.4) is 0 Å². The van der Waals surface area contributed by atoms with Crippen LogP contribution in [0.15, 0.2) is 40.2 Å². The van der Waals surface area contributed by atoms with Crippen molar-refractivity contribution < 1.29 is 4.79 Å². The molecule has 1 aromatic heterocycles. The first-order chi connectivity index (χ1) is 11.4. The van der Waals surface area contributed by atoms with Crippen molar-refractivity contribution in [3.8, 4) is 5.69 Å². The van der Waals surface area contributed by atoms with Gasteiger partial charge in [-0.25, -0.2) is 0 Å². The molecule has 2 aromatic rings. The van der Waals surface area contributed by atoms with Crippen molar-refractivity contribution in [2.75, 3.05) is 0 Å².